The number of amides is 1. The number of rotatable bonds is 13. The number of aliphatic carboxylic acids is 1. The Morgan fingerprint density at radius 2 is 2.03 bits per heavy atom. The summed E-state index contributed by atoms with van der Waals surface area (Å²) in [6, 6.07) is 0. The van der Waals surface area contributed by atoms with Crippen molar-refractivity contribution in [2.24, 2.45) is 5.92 Å². The van der Waals surface area contributed by atoms with Crippen molar-refractivity contribution in [1.29, 1.82) is 0 Å². The maximum Gasteiger partial charge on any atom is 0.335 e. The molecule has 7 heteroatoms. The molecular formula is C28H39N3O4. The highest BCUT2D eigenvalue weighted by molar-refractivity contribution is 5.89. The third kappa shape index (κ3) is 8.46. The fourth-order valence-electron chi connectivity index (χ4n) is 4.16. The monoisotopic (exact) mass is 481 g/mol. The molecule has 0 spiro atoms. The summed E-state index contributed by atoms with van der Waals surface area (Å²) < 4.78 is 5.44. The molecule has 0 atom stereocenters. The van der Waals surface area contributed by atoms with Crippen molar-refractivity contribution in [2.45, 2.75) is 33.1 Å². The minimum Gasteiger partial charge on any atom is -0.496 e. The number of ether oxygens (including phenoxy) is 1. The summed E-state index contributed by atoms with van der Waals surface area (Å²) in [6.07, 6.45) is 14.3. The number of carbonyl (C=O) groups excluding carboxylic acids is 1. The Balaban J connectivity index is 1.91. The molecule has 0 aromatic heterocycles. The zero-order valence-electron chi connectivity index (χ0n) is 21.5. The lowest BCUT2D eigenvalue weighted by Crippen LogP contribution is -2.38. The van der Waals surface area contributed by atoms with Gasteiger partial charge in [-0.15, -0.1) is 5.73 Å². The van der Waals surface area contributed by atoms with Crippen LogP contribution >= 0.6 is 0 Å². The van der Waals surface area contributed by atoms with Crippen molar-refractivity contribution in [3.8, 4) is 0 Å². The quantitative estimate of drug-likeness (QED) is 0.185. The van der Waals surface area contributed by atoms with E-state index in [0.717, 1.165) is 63.3 Å². The number of likely N-dealkylation sites (N-methyl/N-ethyl adjacent to an activating group) is 1. The van der Waals surface area contributed by atoms with E-state index in [1.165, 1.54) is 17.7 Å². The third-order valence-electron chi connectivity index (χ3n) is 6.58. The number of methoxy groups -OCH3 is 1. The van der Waals surface area contributed by atoms with Gasteiger partial charge < -0.3 is 24.5 Å². The zero-order chi connectivity index (χ0) is 25.8. The average molecular weight is 482 g/mol. The van der Waals surface area contributed by atoms with Crippen molar-refractivity contribution in [2.75, 3.05) is 46.9 Å². The predicted molar refractivity (Wildman–Crippen MR) is 139 cm³/mol. The van der Waals surface area contributed by atoms with E-state index in [1.807, 2.05) is 6.08 Å². The van der Waals surface area contributed by atoms with Gasteiger partial charge in [0.2, 0.25) is 6.41 Å². The number of carbonyl (C=O) groups is 2. The predicted octanol–water partition coefficient (Wildman–Crippen LogP) is 4.11. The first-order valence-corrected chi connectivity index (χ1v) is 12.2. The number of hydrogen-bond donors (Lipinski definition) is 1. The van der Waals surface area contributed by atoms with Crippen molar-refractivity contribution in [1.82, 2.24) is 14.7 Å². The van der Waals surface area contributed by atoms with Crippen LogP contribution in [0, 0.1) is 5.92 Å². The highest BCUT2D eigenvalue weighted by atomic mass is 16.5. The van der Waals surface area contributed by atoms with E-state index in [9.17, 15) is 9.59 Å². The van der Waals surface area contributed by atoms with Crippen molar-refractivity contribution in [3.63, 3.8) is 0 Å². The Labute approximate surface area is 209 Å². The maximum atomic E-state index is 11.6. The number of likely N-dealkylation sites (tertiary alicyclic amines) is 1. The van der Waals surface area contributed by atoms with Gasteiger partial charge in [0.25, 0.3) is 0 Å². The van der Waals surface area contributed by atoms with Gasteiger partial charge in [0, 0.05) is 50.2 Å². The van der Waals surface area contributed by atoms with E-state index in [0.29, 0.717) is 18.2 Å². The van der Waals surface area contributed by atoms with Gasteiger partial charge in [-0.2, -0.15) is 0 Å². The lowest BCUT2D eigenvalue weighted by molar-refractivity contribution is -0.132. The normalized spacial score (nSPS) is 17.4. The van der Waals surface area contributed by atoms with Crippen LogP contribution in [-0.2, 0) is 14.3 Å². The number of piperidine rings is 1. The molecule has 0 aromatic rings. The van der Waals surface area contributed by atoms with Gasteiger partial charge in [0.05, 0.1) is 12.7 Å². The Kier molecular flexibility index (Phi) is 11.3. The van der Waals surface area contributed by atoms with E-state index in [2.05, 4.69) is 48.2 Å². The summed E-state index contributed by atoms with van der Waals surface area (Å²) in [4.78, 5) is 29.1. The van der Waals surface area contributed by atoms with E-state index in [1.54, 1.807) is 25.0 Å². The smallest absolute Gasteiger partial charge is 0.335 e. The van der Waals surface area contributed by atoms with E-state index in [4.69, 9.17) is 9.84 Å². The van der Waals surface area contributed by atoms with Crippen molar-refractivity contribution >= 4 is 12.4 Å². The highest BCUT2D eigenvalue weighted by Crippen LogP contribution is 2.23. The Bertz CT molecular complexity index is 959. The number of allylic oxidation sites excluding steroid dienone is 4. The second-order valence-electron chi connectivity index (χ2n) is 8.80. The Morgan fingerprint density at radius 3 is 2.60 bits per heavy atom. The minimum atomic E-state index is -1.00. The van der Waals surface area contributed by atoms with Gasteiger partial charge in [-0.3, -0.25) is 4.79 Å². The lowest BCUT2D eigenvalue weighted by atomic mass is 9.95. The molecule has 1 saturated heterocycles. The SMILES string of the molecule is C=C(/C=C\C(=C/C)C(=O)O)N(C=O)CC1CCN(CCC2=C(N(C)CC)C=C(OC)C=C=C2)CC1. The first-order chi connectivity index (χ1) is 16.8. The number of nitrogens with zero attached hydrogens (tertiary/aromatic N) is 3. The summed E-state index contributed by atoms with van der Waals surface area (Å²) in [5.41, 5.74) is 6.31. The lowest BCUT2D eigenvalue weighted by Gasteiger charge is -2.34. The van der Waals surface area contributed by atoms with Crippen LogP contribution in [0.2, 0.25) is 0 Å². The Hall–Kier alpha value is -3.28. The van der Waals surface area contributed by atoms with E-state index < -0.39 is 5.97 Å². The van der Waals surface area contributed by atoms with Crippen LogP contribution in [0.4, 0.5) is 0 Å². The van der Waals surface area contributed by atoms with Crippen molar-refractivity contribution < 1.29 is 19.4 Å². The molecule has 1 amide bonds. The molecule has 2 aliphatic rings. The fraction of sp³-hybridized carbons (Fsp3) is 0.464. The molecule has 2 rings (SSSR count). The molecule has 0 bridgehead atoms. The molecule has 35 heavy (non-hydrogen) atoms. The summed E-state index contributed by atoms with van der Waals surface area (Å²) in [6.45, 7) is 12.2. The van der Waals surface area contributed by atoms with E-state index >= 15 is 0 Å². The van der Waals surface area contributed by atoms with Gasteiger partial charge in [-0.05, 0) is 75.9 Å². The van der Waals surface area contributed by atoms with Gasteiger partial charge in [-0.1, -0.05) is 12.7 Å². The second-order valence-corrected chi connectivity index (χ2v) is 8.80. The summed E-state index contributed by atoms with van der Waals surface area (Å²) in [5.74, 6) is 0.181. The van der Waals surface area contributed by atoms with Crippen LogP contribution in [-0.4, -0.2) is 79.1 Å². The summed E-state index contributed by atoms with van der Waals surface area (Å²) in [5, 5.41) is 9.13. The molecule has 1 N–H and O–H groups in total. The molecule has 0 unspecified atom stereocenters. The van der Waals surface area contributed by atoms with E-state index in [-0.39, 0.29) is 5.57 Å². The topological polar surface area (TPSA) is 73.3 Å². The van der Waals surface area contributed by atoms with Crippen LogP contribution in [0.1, 0.15) is 33.1 Å². The molecule has 190 valence electrons. The highest BCUT2D eigenvalue weighted by Gasteiger charge is 2.22. The fourth-order valence-corrected chi connectivity index (χ4v) is 4.16. The summed E-state index contributed by atoms with van der Waals surface area (Å²) >= 11 is 0. The molecule has 1 fully saturated rings. The largest absolute Gasteiger partial charge is 0.496 e. The molecular weight excluding hydrogens is 442 g/mol. The first-order valence-electron chi connectivity index (χ1n) is 12.2. The Morgan fingerprint density at radius 1 is 1.31 bits per heavy atom. The number of hydrogen-bond acceptors (Lipinski definition) is 5. The van der Waals surface area contributed by atoms with Gasteiger partial charge >= 0.3 is 5.97 Å². The molecule has 1 heterocycles. The third-order valence-corrected chi connectivity index (χ3v) is 6.58. The molecule has 0 saturated carbocycles. The first kappa shape index (κ1) is 28.0. The van der Waals surface area contributed by atoms with Crippen LogP contribution in [0.25, 0.3) is 0 Å². The van der Waals surface area contributed by atoms with Crippen LogP contribution in [0.3, 0.4) is 0 Å². The second kappa shape index (κ2) is 14.2. The van der Waals surface area contributed by atoms with Crippen LogP contribution in [0.15, 0.2) is 77.1 Å². The van der Waals surface area contributed by atoms with Crippen molar-refractivity contribution in [3.05, 3.63) is 77.1 Å². The molecule has 1 aliphatic carbocycles. The number of carboxylic acids is 1. The molecule has 1 aliphatic heterocycles. The molecule has 0 aromatic carbocycles. The average Bonchev–Trinajstić information content (AvgIpc) is 3.08. The van der Waals surface area contributed by atoms with Crippen LogP contribution < -0.4 is 0 Å². The van der Waals surface area contributed by atoms with Gasteiger partial charge in [0.1, 0.15) is 5.76 Å². The van der Waals surface area contributed by atoms with Crippen LogP contribution in [0.5, 0.6) is 0 Å². The standard InChI is InChI=1S/C28H39N3O4/c1-6-24(28(33)34)12-11-22(3)31(21-32)20-23-13-16-30(17-14-23)18-15-25-9-8-10-26(35-5)19-27(25)29(4)7-2/h6,9-12,19,21,23H,3,7,13-18,20H2,1-2,4-5H3,(H,33,34)/b12-11-,24-6+. The summed E-state index contributed by atoms with van der Waals surface area (Å²) in [7, 11) is 3.77. The minimum absolute atomic E-state index is 0.168. The van der Waals surface area contributed by atoms with Gasteiger partial charge in [-0.25, -0.2) is 4.79 Å². The maximum absolute atomic E-state index is 11.6. The zero-order valence-corrected chi connectivity index (χ0v) is 21.5. The number of carboxylic acid groups (broad SMARTS) is 1. The van der Waals surface area contributed by atoms with Gasteiger partial charge in [0.15, 0.2) is 0 Å². The molecule has 7 nitrogen and oxygen atoms in total. The molecule has 0 radical (unpaired) electrons.